The standard InChI is InChI=1S/C13H21N3O2/c1-4-5-11(9-18-3)16-13(17)10-6-7-12(14-2)15-8-10/h6-8,11H,4-5,9H2,1-3H3,(H,14,15)(H,16,17). The second kappa shape index (κ2) is 7.66. The van der Waals surface area contributed by atoms with Crippen LogP contribution >= 0.6 is 0 Å². The van der Waals surface area contributed by atoms with Gasteiger partial charge in [0.25, 0.3) is 5.91 Å². The van der Waals surface area contributed by atoms with E-state index >= 15 is 0 Å². The van der Waals surface area contributed by atoms with Gasteiger partial charge in [0.05, 0.1) is 18.2 Å². The zero-order valence-corrected chi connectivity index (χ0v) is 11.2. The van der Waals surface area contributed by atoms with Crippen LogP contribution in [0.3, 0.4) is 0 Å². The number of amides is 1. The molecular formula is C13H21N3O2. The predicted molar refractivity (Wildman–Crippen MR) is 71.8 cm³/mol. The highest BCUT2D eigenvalue weighted by Gasteiger charge is 2.13. The first-order chi connectivity index (χ1) is 8.71. The van der Waals surface area contributed by atoms with Crippen molar-refractivity contribution in [2.45, 2.75) is 25.8 Å². The van der Waals surface area contributed by atoms with Crippen molar-refractivity contribution in [2.75, 3.05) is 26.1 Å². The minimum absolute atomic E-state index is 0.0523. The third-order valence-electron chi connectivity index (χ3n) is 2.62. The van der Waals surface area contributed by atoms with Gasteiger partial charge in [0.15, 0.2) is 0 Å². The normalized spacial score (nSPS) is 11.9. The van der Waals surface area contributed by atoms with Gasteiger partial charge in [0, 0.05) is 20.4 Å². The summed E-state index contributed by atoms with van der Waals surface area (Å²) in [6.07, 6.45) is 3.48. The molecule has 0 aliphatic rings. The maximum atomic E-state index is 12.0. The minimum Gasteiger partial charge on any atom is -0.383 e. The Morgan fingerprint density at radius 3 is 2.78 bits per heavy atom. The number of nitrogens with one attached hydrogen (secondary N) is 2. The van der Waals surface area contributed by atoms with E-state index in [4.69, 9.17) is 4.74 Å². The molecule has 0 fully saturated rings. The molecule has 1 rings (SSSR count). The van der Waals surface area contributed by atoms with E-state index in [0.717, 1.165) is 18.7 Å². The number of carbonyl (C=O) groups is 1. The maximum Gasteiger partial charge on any atom is 0.253 e. The largest absolute Gasteiger partial charge is 0.383 e. The van der Waals surface area contributed by atoms with E-state index in [0.29, 0.717) is 12.2 Å². The van der Waals surface area contributed by atoms with Gasteiger partial charge in [-0.2, -0.15) is 0 Å². The van der Waals surface area contributed by atoms with Crippen LogP contribution in [0.15, 0.2) is 18.3 Å². The molecule has 100 valence electrons. The van der Waals surface area contributed by atoms with E-state index in [-0.39, 0.29) is 11.9 Å². The molecule has 0 saturated carbocycles. The van der Waals surface area contributed by atoms with Gasteiger partial charge >= 0.3 is 0 Å². The zero-order chi connectivity index (χ0) is 13.4. The quantitative estimate of drug-likeness (QED) is 0.773. The lowest BCUT2D eigenvalue weighted by molar-refractivity contribution is 0.0891. The Hall–Kier alpha value is -1.62. The zero-order valence-electron chi connectivity index (χ0n) is 11.2. The highest BCUT2D eigenvalue weighted by Crippen LogP contribution is 2.05. The van der Waals surface area contributed by atoms with Gasteiger partial charge in [-0.15, -0.1) is 0 Å². The summed E-state index contributed by atoms with van der Waals surface area (Å²) in [5.74, 6) is 0.634. The average Bonchev–Trinajstić information content (AvgIpc) is 2.39. The Morgan fingerprint density at radius 2 is 2.28 bits per heavy atom. The van der Waals surface area contributed by atoms with Crippen LogP contribution in [0.5, 0.6) is 0 Å². The molecule has 18 heavy (non-hydrogen) atoms. The number of rotatable bonds is 7. The van der Waals surface area contributed by atoms with E-state index in [1.807, 2.05) is 0 Å². The number of aromatic nitrogens is 1. The topological polar surface area (TPSA) is 63.2 Å². The second-order valence-electron chi connectivity index (χ2n) is 4.10. The van der Waals surface area contributed by atoms with Crippen molar-refractivity contribution in [2.24, 2.45) is 0 Å². The molecule has 0 saturated heterocycles. The van der Waals surface area contributed by atoms with E-state index in [2.05, 4.69) is 22.5 Å². The summed E-state index contributed by atoms with van der Waals surface area (Å²) in [4.78, 5) is 16.1. The van der Waals surface area contributed by atoms with E-state index in [9.17, 15) is 4.79 Å². The number of carbonyl (C=O) groups excluding carboxylic acids is 1. The molecule has 1 unspecified atom stereocenters. The van der Waals surface area contributed by atoms with Crippen LogP contribution in [-0.2, 0) is 4.74 Å². The molecule has 5 heteroatoms. The summed E-state index contributed by atoms with van der Waals surface area (Å²) in [6, 6.07) is 3.58. The lowest BCUT2D eigenvalue weighted by atomic mass is 10.1. The first-order valence-electron chi connectivity index (χ1n) is 6.14. The Morgan fingerprint density at radius 1 is 1.50 bits per heavy atom. The molecule has 1 aromatic heterocycles. The van der Waals surface area contributed by atoms with Crippen molar-refractivity contribution >= 4 is 11.7 Å². The van der Waals surface area contributed by atoms with Crippen molar-refractivity contribution in [1.82, 2.24) is 10.3 Å². The molecule has 1 heterocycles. The van der Waals surface area contributed by atoms with Gasteiger partial charge in [0.1, 0.15) is 5.82 Å². The third-order valence-corrected chi connectivity index (χ3v) is 2.62. The lowest BCUT2D eigenvalue weighted by Gasteiger charge is -2.17. The number of pyridine rings is 1. The number of ether oxygens (including phenoxy) is 1. The Kier molecular flexibility index (Phi) is 6.14. The molecule has 1 atom stereocenters. The first kappa shape index (κ1) is 14.4. The summed E-state index contributed by atoms with van der Waals surface area (Å²) in [5, 5.41) is 5.86. The Bertz CT molecular complexity index is 359. The van der Waals surface area contributed by atoms with Crippen LogP contribution in [0.25, 0.3) is 0 Å². The van der Waals surface area contributed by atoms with E-state index in [1.165, 1.54) is 0 Å². The summed E-state index contributed by atoms with van der Waals surface area (Å²) in [5.41, 5.74) is 0.561. The molecule has 2 N–H and O–H groups in total. The third kappa shape index (κ3) is 4.33. The van der Waals surface area contributed by atoms with Crippen molar-refractivity contribution in [3.05, 3.63) is 23.9 Å². The van der Waals surface area contributed by atoms with Crippen molar-refractivity contribution < 1.29 is 9.53 Å². The van der Waals surface area contributed by atoms with Crippen molar-refractivity contribution in [1.29, 1.82) is 0 Å². The first-order valence-corrected chi connectivity index (χ1v) is 6.14. The van der Waals surface area contributed by atoms with Gasteiger partial charge in [-0.3, -0.25) is 4.79 Å². The molecule has 0 aromatic carbocycles. The molecule has 0 aliphatic carbocycles. The smallest absolute Gasteiger partial charge is 0.253 e. The molecule has 0 radical (unpaired) electrons. The predicted octanol–water partition coefficient (Wildman–Crippen LogP) is 1.67. The molecule has 1 amide bonds. The van der Waals surface area contributed by atoms with Crippen LogP contribution < -0.4 is 10.6 Å². The number of methoxy groups -OCH3 is 1. The van der Waals surface area contributed by atoms with Crippen molar-refractivity contribution in [3.63, 3.8) is 0 Å². The van der Waals surface area contributed by atoms with E-state index < -0.39 is 0 Å². The lowest BCUT2D eigenvalue weighted by Crippen LogP contribution is -2.37. The highest BCUT2D eigenvalue weighted by atomic mass is 16.5. The number of hydrogen-bond donors (Lipinski definition) is 2. The van der Waals surface area contributed by atoms with Crippen molar-refractivity contribution in [3.8, 4) is 0 Å². The highest BCUT2D eigenvalue weighted by molar-refractivity contribution is 5.94. The summed E-state index contributed by atoms with van der Waals surface area (Å²) in [6.45, 7) is 2.61. The molecule has 0 bridgehead atoms. The fourth-order valence-corrected chi connectivity index (χ4v) is 1.69. The monoisotopic (exact) mass is 251 g/mol. The maximum absolute atomic E-state index is 12.0. The van der Waals surface area contributed by atoms with Gasteiger partial charge in [-0.05, 0) is 18.6 Å². The number of anilines is 1. The summed E-state index contributed by atoms with van der Waals surface area (Å²) < 4.78 is 5.09. The number of nitrogens with zero attached hydrogens (tertiary/aromatic N) is 1. The Balaban J connectivity index is 2.61. The van der Waals surface area contributed by atoms with Crippen LogP contribution in [0, 0.1) is 0 Å². The SMILES string of the molecule is CCCC(COC)NC(=O)c1ccc(NC)nc1. The molecule has 0 spiro atoms. The van der Waals surface area contributed by atoms with Gasteiger partial charge in [-0.25, -0.2) is 4.98 Å². The molecular weight excluding hydrogens is 230 g/mol. The Labute approximate surface area is 108 Å². The summed E-state index contributed by atoms with van der Waals surface area (Å²) in [7, 11) is 3.43. The second-order valence-corrected chi connectivity index (χ2v) is 4.10. The van der Waals surface area contributed by atoms with Crippen LogP contribution in [0.4, 0.5) is 5.82 Å². The molecule has 1 aromatic rings. The fraction of sp³-hybridized carbons (Fsp3) is 0.538. The van der Waals surface area contributed by atoms with Crippen LogP contribution in [-0.4, -0.2) is 37.7 Å². The fourth-order valence-electron chi connectivity index (χ4n) is 1.69. The van der Waals surface area contributed by atoms with Gasteiger partial charge in [-0.1, -0.05) is 13.3 Å². The minimum atomic E-state index is -0.111. The van der Waals surface area contributed by atoms with Crippen LogP contribution in [0.1, 0.15) is 30.1 Å². The van der Waals surface area contributed by atoms with Crippen LogP contribution in [0.2, 0.25) is 0 Å². The van der Waals surface area contributed by atoms with E-state index in [1.54, 1.807) is 32.5 Å². The van der Waals surface area contributed by atoms with Gasteiger partial charge in [0.2, 0.25) is 0 Å². The molecule has 5 nitrogen and oxygen atoms in total. The average molecular weight is 251 g/mol. The number of hydrogen-bond acceptors (Lipinski definition) is 4. The molecule has 0 aliphatic heterocycles. The van der Waals surface area contributed by atoms with Gasteiger partial charge < -0.3 is 15.4 Å². The summed E-state index contributed by atoms with van der Waals surface area (Å²) >= 11 is 0.